The molecule has 1 N–H and O–H groups in total. The lowest BCUT2D eigenvalue weighted by atomic mass is 10.1. The van der Waals surface area contributed by atoms with E-state index in [4.69, 9.17) is 13.9 Å². The van der Waals surface area contributed by atoms with Gasteiger partial charge >= 0.3 is 10.1 Å². The maximum Gasteiger partial charge on any atom is 0.339 e. The standard InChI is InChI=1S/C27H23N3O4S/c1-33-22-14-16-24(17-15-22)35(31,32)34-23-12-10-21(11-13-23)26-27(28-19-20-7-3-2-4-8-20)30-18-6-5-9-25(30)29-26/h2-18,28H,19H2,1H3. The number of anilines is 1. The summed E-state index contributed by atoms with van der Waals surface area (Å²) in [6.07, 6.45) is 1.96. The van der Waals surface area contributed by atoms with Gasteiger partial charge in [0.05, 0.1) is 7.11 Å². The normalized spacial score (nSPS) is 11.3. The Labute approximate surface area is 203 Å². The van der Waals surface area contributed by atoms with Crippen LogP contribution in [0.5, 0.6) is 11.5 Å². The van der Waals surface area contributed by atoms with Gasteiger partial charge in [0.25, 0.3) is 0 Å². The van der Waals surface area contributed by atoms with E-state index in [1.165, 1.54) is 19.2 Å². The Hall–Kier alpha value is -4.30. The molecular formula is C27H23N3O4S. The maximum atomic E-state index is 12.7. The Kier molecular flexibility index (Phi) is 6.12. The first-order valence-electron chi connectivity index (χ1n) is 11.0. The molecule has 7 nitrogen and oxygen atoms in total. The van der Waals surface area contributed by atoms with E-state index in [-0.39, 0.29) is 10.6 Å². The second-order valence-corrected chi connectivity index (χ2v) is 9.36. The maximum absolute atomic E-state index is 12.7. The van der Waals surface area contributed by atoms with Crippen molar-refractivity contribution < 1.29 is 17.3 Å². The lowest BCUT2D eigenvalue weighted by Crippen LogP contribution is -2.09. The van der Waals surface area contributed by atoms with Crippen molar-refractivity contribution in [3.63, 3.8) is 0 Å². The summed E-state index contributed by atoms with van der Waals surface area (Å²) in [6.45, 7) is 0.637. The van der Waals surface area contributed by atoms with E-state index in [1.54, 1.807) is 36.4 Å². The van der Waals surface area contributed by atoms with Gasteiger partial charge < -0.3 is 14.2 Å². The number of ether oxygens (including phenoxy) is 1. The lowest BCUT2D eigenvalue weighted by molar-refractivity contribution is 0.414. The van der Waals surface area contributed by atoms with Crippen LogP contribution in [0.15, 0.2) is 108 Å². The van der Waals surface area contributed by atoms with Crippen LogP contribution in [0.2, 0.25) is 0 Å². The van der Waals surface area contributed by atoms with Crippen molar-refractivity contribution in [2.75, 3.05) is 12.4 Å². The van der Waals surface area contributed by atoms with E-state index in [0.29, 0.717) is 12.3 Å². The molecule has 0 amide bonds. The van der Waals surface area contributed by atoms with Crippen LogP contribution >= 0.6 is 0 Å². The molecule has 0 saturated carbocycles. The van der Waals surface area contributed by atoms with E-state index in [0.717, 1.165) is 28.3 Å². The summed E-state index contributed by atoms with van der Waals surface area (Å²) in [7, 11) is -2.45. The van der Waals surface area contributed by atoms with Gasteiger partial charge in [-0.05, 0) is 66.2 Å². The quantitative estimate of drug-likeness (QED) is 0.297. The van der Waals surface area contributed by atoms with Crippen molar-refractivity contribution in [2.45, 2.75) is 11.4 Å². The first-order valence-corrected chi connectivity index (χ1v) is 12.4. The number of methoxy groups -OCH3 is 1. The van der Waals surface area contributed by atoms with Crippen LogP contribution in [0.4, 0.5) is 5.82 Å². The van der Waals surface area contributed by atoms with Crippen LogP contribution in [0.1, 0.15) is 5.56 Å². The molecule has 0 spiro atoms. The molecule has 8 heteroatoms. The third-order valence-electron chi connectivity index (χ3n) is 5.51. The van der Waals surface area contributed by atoms with E-state index >= 15 is 0 Å². The number of hydrogen-bond donors (Lipinski definition) is 1. The highest BCUT2D eigenvalue weighted by Gasteiger charge is 2.18. The molecule has 2 aromatic heterocycles. The Bertz CT molecular complexity index is 1550. The zero-order valence-electron chi connectivity index (χ0n) is 19.0. The SMILES string of the molecule is COc1ccc(S(=O)(=O)Oc2ccc(-c3nc4ccccn4c3NCc3ccccc3)cc2)cc1. The predicted octanol–water partition coefficient (Wildman–Crippen LogP) is 5.39. The minimum absolute atomic E-state index is 0.0510. The van der Waals surface area contributed by atoms with Gasteiger partial charge in [-0.1, -0.05) is 36.4 Å². The third-order valence-corrected chi connectivity index (χ3v) is 6.78. The minimum Gasteiger partial charge on any atom is -0.497 e. The van der Waals surface area contributed by atoms with Crippen LogP contribution in [0, 0.1) is 0 Å². The molecule has 0 aliphatic heterocycles. The molecule has 0 fully saturated rings. The second-order valence-electron chi connectivity index (χ2n) is 7.81. The molecule has 0 aliphatic rings. The summed E-state index contributed by atoms with van der Waals surface area (Å²) >= 11 is 0. The molecule has 5 rings (SSSR count). The van der Waals surface area contributed by atoms with Crippen LogP contribution < -0.4 is 14.2 Å². The highest BCUT2D eigenvalue weighted by atomic mass is 32.2. The monoisotopic (exact) mass is 485 g/mol. The molecule has 35 heavy (non-hydrogen) atoms. The smallest absolute Gasteiger partial charge is 0.339 e. The van der Waals surface area contributed by atoms with Gasteiger partial charge in [0, 0.05) is 18.3 Å². The second kappa shape index (κ2) is 9.52. The average Bonchev–Trinajstić information content (AvgIpc) is 3.27. The van der Waals surface area contributed by atoms with Gasteiger partial charge in [0.2, 0.25) is 0 Å². The molecule has 5 aromatic rings. The molecule has 0 saturated heterocycles. The molecule has 0 unspecified atom stereocenters. The number of hydrogen-bond acceptors (Lipinski definition) is 6. The van der Waals surface area contributed by atoms with Crippen molar-refractivity contribution in [1.29, 1.82) is 0 Å². The van der Waals surface area contributed by atoms with E-state index in [9.17, 15) is 8.42 Å². The summed E-state index contributed by atoms with van der Waals surface area (Å²) in [6, 6.07) is 28.9. The Balaban J connectivity index is 1.41. The van der Waals surface area contributed by atoms with E-state index in [2.05, 4.69) is 17.4 Å². The van der Waals surface area contributed by atoms with Gasteiger partial charge in [0.1, 0.15) is 33.6 Å². The van der Waals surface area contributed by atoms with Crippen molar-refractivity contribution in [3.05, 3.63) is 109 Å². The van der Waals surface area contributed by atoms with Gasteiger partial charge in [0.15, 0.2) is 0 Å². The van der Waals surface area contributed by atoms with Crippen LogP contribution in [-0.2, 0) is 16.7 Å². The average molecular weight is 486 g/mol. The summed E-state index contributed by atoms with van der Waals surface area (Å²) in [4.78, 5) is 4.84. The lowest BCUT2D eigenvalue weighted by Gasteiger charge is -2.10. The third kappa shape index (κ3) is 4.83. The summed E-state index contributed by atoms with van der Waals surface area (Å²) in [5.41, 5.74) is 3.55. The minimum atomic E-state index is -3.97. The number of benzene rings is 3. The van der Waals surface area contributed by atoms with Crippen LogP contribution in [0.3, 0.4) is 0 Å². The summed E-state index contributed by atoms with van der Waals surface area (Å²) in [5, 5.41) is 3.50. The molecule has 0 aliphatic carbocycles. The number of fused-ring (bicyclic) bond motifs is 1. The van der Waals surface area contributed by atoms with Crippen molar-refractivity contribution in [3.8, 4) is 22.8 Å². The van der Waals surface area contributed by atoms with Crippen molar-refractivity contribution in [2.24, 2.45) is 0 Å². The van der Waals surface area contributed by atoms with Crippen LogP contribution in [-0.4, -0.2) is 24.9 Å². The fourth-order valence-electron chi connectivity index (χ4n) is 3.73. The highest BCUT2D eigenvalue weighted by molar-refractivity contribution is 7.87. The summed E-state index contributed by atoms with van der Waals surface area (Å²) < 4.78 is 37.7. The summed E-state index contributed by atoms with van der Waals surface area (Å²) in [5.74, 6) is 1.63. The molecule has 0 radical (unpaired) electrons. The number of rotatable bonds is 8. The first-order chi connectivity index (χ1) is 17.0. The first kappa shape index (κ1) is 22.5. The topological polar surface area (TPSA) is 81.9 Å². The zero-order valence-corrected chi connectivity index (χ0v) is 19.8. The predicted molar refractivity (Wildman–Crippen MR) is 135 cm³/mol. The fraction of sp³-hybridized carbons (Fsp3) is 0.0741. The van der Waals surface area contributed by atoms with Gasteiger partial charge in [-0.3, -0.25) is 4.40 Å². The number of nitrogens with zero attached hydrogens (tertiary/aromatic N) is 2. The number of nitrogens with one attached hydrogen (secondary N) is 1. The highest BCUT2D eigenvalue weighted by Crippen LogP contribution is 2.31. The van der Waals surface area contributed by atoms with Crippen molar-refractivity contribution >= 4 is 21.6 Å². The Morgan fingerprint density at radius 1 is 0.829 bits per heavy atom. The molecular weight excluding hydrogens is 462 g/mol. The Morgan fingerprint density at radius 3 is 2.23 bits per heavy atom. The van der Waals surface area contributed by atoms with Gasteiger partial charge in [-0.2, -0.15) is 8.42 Å². The molecule has 3 aromatic carbocycles. The molecule has 0 bridgehead atoms. The molecule has 176 valence electrons. The van der Waals surface area contributed by atoms with E-state index < -0.39 is 10.1 Å². The van der Waals surface area contributed by atoms with Crippen LogP contribution in [0.25, 0.3) is 16.9 Å². The zero-order chi connectivity index (χ0) is 24.3. The van der Waals surface area contributed by atoms with Crippen molar-refractivity contribution in [1.82, 2.24) is 9.38 Å². The Morgan fingerprint density at radius 2 is 1.51 bits per heavy atom. The largest absolute Gasteiger partial charge is 0.497 e. The fourth-order valence-corrected chi connectivity index (χ4v) is 4.66. The molecule has 2 heterocycles. The van der Waals surface area contributed by atoms with Gasteiger partial charge in [-0.25, -0.2) is 4.98 Å². The van der Waals surface area contributed by atoms with Gasteiger partial charge in [-0.15, -0.1) is 0 Å². The number of aromatic nitrogens is 2. The number of imidazole rings is 1. The van der Waals surface area contributed by atoms with E-state index in [1.807, 2.05) is 47.0 Å². The molecule has 0 atom stereocenters. The number of pyridine rings is 1.